The first-order valence-corrected chi connectivity index (χ1v) is 8.50. The van der Waals surface area contributed by atoms with E-state index in [1.54, 1.807) is 0 Å². The number of hydrogen-bond acceptors (Lipinski definition) is 4. The quantitative estimate of drug-likeness (QED) is 0.825. The summed E-state index contributed by atoms with van der Waals surface area (Å²) in [6, 6.07) is 0.381. The zero-order chi connectivity index (χ0) is 15.4. The van der Waals surface area contributed by atoms with Crippen LogP contribution in [0.4, 0.5) is 0 Å². The van der Waals surface area contributed by atoms with E-state index in [1.807, 2.05) is 4.90 Å². The standard InChI is InChI=1S/C16H32N4O/c1-4-13(2)15(17)16(21)20-11-9-19(10-12-20)14-5-7-18(3)8-6-14/h13-15H,4-12,17H2,1-3H3/t13-,15-/m0/s1. The van der Waals surface area contributed by atoms with Gasteiger partial charge in [0.1, 0.15) is 0 Å². The molecule has 0 unspecified atom stereocenters. The van der Waals surface area contributed by atoms with Crippen molar-refractivity contribution >= 4 is 5.91 Å². The molecule has 21 heavy (non-hydrogen) atoms. The van der Waals surface area contributed by atoms with Crippen molar-refractivity contribution in [3.63, 3.8) is 0 Å². The van der Waals surface area contributed by atoms with Crippen molar-refractivity contribution in [1.29, 1.82) is 0 Å². The van der Waals surface area contributed by atoms with Crippen LogP contribution in [0.3, 0.4) is 0 Å². The lowest BCUT2D eigenvalue weighted by atomic mass is 9.98. The molecule has 5 heteroatoms. The van der Waals surface area contributed by atoms with Gasteiger partial charge in [0.25, 0.3) is 0 Å². The molecule has 2 heterocycles. The summed E-state index contributed by atoms with van der Waals surface area (Å²) >= 11 is 0. The molecule has 0 radical (unpaired) electrons. The highest BCUT2D eigenvalue weighted by atomic mass is 16.2. The van der Waals surface area contributed by atoms with E-state index in [1.165, 1.54) is 25.9 Å². The van der Waals surface area contributed by atoms with Gasteiger partial charge in [-0.3, -0.25) is 9.69 Å². The third-order valence-electron chi connectivity index (χ3n) is 5.37. The minimum atomic E-state index is -0.329. The van der Waals surface area contributed by atoms with Crippen molar-refractivity contribution in [2.75, 3.05) is 46.3 Å². The van der Waals surface area contributed by atoms with Crippen LogP contribution in [-0.4, -0.2) is 79.0 Å². The molecular weight excluding hydrogens is 264 g/mol. The normalized spacial score (nSPS) is 25.8. The van der Waals surface area contributed by atoms with Crippen LogP contribution in [-0.2, 0) is 4.79 Å². The summed E-state index contributed by atoms with van der Waals surface area (Å²) in [6.07, 6.45) is 3.48. The molecule has 2 aliphatic rings. The van der Waals surface area contributed by atoms with Crippen LogP contribution in [0, 0.1) is 5.92 Å². The lowest BCUT2D eigenvalue weighted by Gasteiger charge is -2.42. The number of carbonyl (C=O) groups is 1. The molecule has 0 aromatic carbocycles. The van der Waals surface area contributed by atoms with Gasteiger partial charge in [-0.15, -0.1) is 0 Å². The second-order valence-corrected chi connectivity index (χ2v) is 6.81. The molecule has 0 bridgehead atoms. The van der Waals surface area contributed by atoms with Crippen LogP contribution >= 0.6 is 0 Å². The Labute approximate surface area is 129 Å². The van der Waals surface area contributed by atoms with Gasteiger partial charge in [-0.05, 0) is 38.9 Å². The molecule has 2 fully saturated rings. The van der Waals surface area contributed by atoms with Crippen molar-refractivity contribution in [1.82, 2.24) is 14.7 Å². The van der Waals surface area contributed by atoms with Crippen LogP contribution in [0.2, 0.25) is 0 Å². The molecule has 0 saturated carbocycles. The summed E-state index contributed by atoms with van der Waals surface area (Å²) in [5, 5.41) is 0. The Balaban J connectivity index is 1.79. The van der Waals surface area contributed by atoms with Gasteiger partial charge >= 0.3 is 0 Å². The van der Waals surface area contributed by atoms with Gasteiger partial charge in [0, 0.05) is 32.2 Å². The first kappa shape index (κ1) is 16.7. The lowest BCUT2D eigenvalue weighted by molar-refractivity contribution is -0.136. The van der Waals surface area contributed by atoms with E-state index >= 15 is 0 Å². The van der Waals surface area contributed by atoms with Crippen molar-refractivity contribution in [2.45, 2.75) is 45.2 Å². The van der Waals surface area contributed by atoms with E-state index in [0.29, 0.717) is 6.04 Å². The maximum Gasteiger partial charge on any atom is 0.239 e. The molecule has 2 saturated heterocycles. The number of piperidine rings is 1. The summed E-state index contributed by atoms with van der Waals surface area (Å²) in [5.41, 5.74) is 6.08. The Morgan fingerprint density at radius 3 is 2.24 bits per heavy atom. The van der Waals surface area contributed by atoms with Gasteiger partial charge in [-0.2, -0.15) is 0 Å². The molecule has 5 nitrogen and oxygen atoms in total. The Hall–Kier alpha value is -0.650. The summed E-state index contributed by atoms with van der Waals surface area (Å²) < 4.78 is 0. The molecule has 2 N–H and O–H groups in total. The summed E-state index contributed by atoms with van der Waals surface area (Å²) in [6.45, 7) is 10.3. The number of carbonyl (C=O) groups excluding carboxylic acids is 1. The van der Waals surface area contributed by atoms with Crippen LogP contribution in [0.15, 0.2) is 0 Å². The maximum absolute atomic E-state index is 12.4. The van der Waals surface area contributed by atoms with E-state index in [4.69, 9.17) is 5.73 Å². The van der Waals surface area contributed by atoms with Gasteiger partial charge in [0.15, 0.2) is 0 Å². The van der Waals surface area contributed by atoms with E-state index in [0.717, 1.165) is 32.6 Å². The zero-order valence-electron chi connectivity index (χ0n) is 13.9. The van der Waals surface area contributed by atoms with Gasteiger partial charge in [-0.25, -0.2) is 0 Å². The monoisotopic (exact) mass is 296 g/mol. The highest BCUT2D eigenvalue weighted by Gasteiger charge is 2.30. The second kappa shape index (κ2) is 7.56. The average Bonchev–Trinajstić information content (AvgIpc) is 2.53. The molecule has 0 spiro atoms. The SMILES string of the molecule is CC[C@H](C)[C@H](N)C(=O)N1CCN(C2CCN(C)CC2)CC1. The molecule has 122 valence electrons. The average molecular weight is 296 g/mol. The Morgan fingerprint density at radius 2 is 1.71 bits per heavy atom. The lowest BCUT2D eigenvalue weighted by Crippen LogP contribution is -2.57. The summed E-state index contributed by atoms with van der Waals surface area (Å²) in [5.74, 6) is 0.414. The minimum absolute atomic E-state index is 0.146. The minimum Gasteiger partial charge on any atom is -0.339 e. The number of rotatable bonds is 4. The van der Waals surface area contributed by atoms with Crippen LogP contribution < -0.4 is 5.73 Å². The van der Waals surface area contributed by atoms with Crippen LogP contribution in [0.1, 0.15) is 33.1 Å². The van der Waals surface area contributed by atoms with Gasteiger partial charge in [0.05, 0.1) is 6.04 Å². The number of hydrogen-bond donors (Lipinski definition) is 1. The molecule has 2 atom stereocenters. The van der Waals surface area contributed by atoms with Crippen molar-refractivity contribution < 1.29 is 4.79 Å². The topological polar surface area (TPSA) is 52.8 Å². The van der Waals surface area contributed by atoms with Crippen molar-refractivity contribution in [3.05, 3.63) is 0 Å². The van der Waals surface area contributed by atoms with E-state index in [9.17, 15) is 4.79 Å². The van der Waals surface area contributed by atoms with Gasteiger partial charge < -0.3 is 15.5 Å². The largest absolute Gasteiger partial charge is 0.339 e. The molecule has 0 aromatic heterocycles. The number of amides is 1. The molecule has 1 amide bonds. The molecule has 0 aromatic rings. The fourth-order valence-corrected chi connectivity index (χ4v) is 3.38. The van der Waals surface area contributed by atoms with Crippen LogP contribution in [0.25, 0.3) is 0 Å². The fourth-order valence-electron chi connectivity index (χ4n) is 3.38. The maximum atomic E-state index is 12.4. The number of likely N-dealkylation sites (tertiary alicyclic amines) is 1. The molecule has 2 aliphatic heterocycles. The second-order valence-electron chi connectivity index (χ2n) is 6.81. The van der Waals surface area contributed by atoms with E-state index < -0.39 is 0 Å². The smallest absolute Gasteiger partial charge is 0.239 e. The van der Waals surface area contributed by atoms with Crippen LogP contribution in [0.5, 0.6) is 0 Å². The first-order chi connectivity index (χ1) is 10.0. The third-order valence-corrected chi connectivity index (χ3v) is 5.37. The summed E-state index contributed by atoms with van der Waals surface area (Å²) in [7, 11) is 2.20. The number of piperazine rings is 1. The van der Waals surface area contributed by atoms with Crippen molar-refractivity contribution in [3.8, 4) is 0 Å². The Bertz CT molecular complexity index is 333. The Morgan fingerprint density at radius 1 is 1.14 bits per heavy atom. The fraction of sp³-hybridized carbons (Fsp3) is 0.938. The first-order valence-electron chi connectivity index (χ1n) is 8.50. The number of nitrogens with two attached hydrogens (primary N) is 1. The van der Waals surface area contributed by atoms with Gasteiger partial charge in [0.2, 0.25) is 5.91 Å². The molecule has 2 rings (SSSR count). The zero-order valence-corrected chi connectivity index (χ0v) is 13.9. The predicted octanol–water partition coefficient (Wildman–Crippen LogP) is 0.598. The predicted molar refractivity (Wildman–Crippen MR) is 86.1 cm³/mol. The molecule has 0 aliphatic carbocycles. The number of nitrogens with zero attached hydrogens (tertiary/aromatic N) is 3. The highest BCUT2D eigenvalue weighted by Crippen LogP contribution is 2.18. The van der Waals surface area contributed by atoms with E-state index in [-0.39, 0.29) is 17.9 Å². The summed E-state index contributed by atoms with van der Waals surface area (Å²) in [4.78, 5) is 19.4. The Kier molecular flexibility index (Phi) is 6.02. The highest BCUT2D eigenvalue weighted by molar-refractivity contribution is 5.82. The van der Waals surface area contributed by atoms with Gasteiger partial charge in [-0.1, -0.05) is 20.3 Å². The third kappa shape index (κ3) is 4.18. The van der Waals surface area contributed by atoms with Crippen molar-refractivity contribution in [2.24, 2.45) is 11.7 Å². The molecular formula is C16H32N4O. The van der Waals surface area contributed by atoms with E-state index in [2.05, 4.69) is 30.7 Å².